The van der Waals surface area contributed by atoms with Crippen LogP contribution < -0.4 is 14.8 Å². The summed E-state index contributed by atoms with van der Waals surface area (Å²) < 4.78 is 15.9. The zero-order valence-corrected chi connectivity index (χ0v) is 18.1. The molecule has 162 valence electrons. The van der Waals surface area contributed by atoms with Gasteiger partial charge in [0.15, 0.2) is 18.1 Å². The van der Waals surface area contributed by atoms with Gasteiger partial charge in [0, 0.05) is 19.2 Å². The van der Waals surface area contributed by atoms with Crippen LogP contribution in [-0.2, 0) is 20.9 Å². The van der Waals surface area contributed by atoms with E-state index in [4.69, 9.17) is 14.2 Å². The number of hydrogen-bond acceptors (Lipinski definition) is 7. The van der Waals surface area contributed by atoms with Gasteiger partial charge in [-0.3, -0.25) is 14.4 Å². The monoisotopic (exact) mass is 434 g/mol. The molecule has 1 aromatic heterocycles. The predicted molar refractivity (Wildman–Crippen MR) is 113 cm³/mol. The number of hydrogen-bond donors (Lipinski definition) is 1. The standard InChI is InChI=1S/C21H26N2O6S/c1-4-27-17-7-6-16(10-18(17)28-5-2)21(26)22-11-20(25)29-13-19(24)23(3)12-15-8-9-30-14-15/h6-10,14H,4-5,11-13H2,1-3H3,(H,22,26). The fourth-order valence-electron chi connectivity index (χ4n) is 2.49. The lowest BCUT2D eigenvalue weighted by Gasteiger charge is -2.16. The minimum absolute atomic E-state index is 0.321. The van der Waals surface area contributed by atoms with Gasteiger partial charge in [0.25, 0.3) is 11.8 Å². The summed E-state index contributed by atoms with van der Waals surface area (Å²) in [6.45, 7) is 4.29. The maximum atomic E-state index is 12.3. The first-order chi connectivity index (χ1) is 14.4. The minimum atomic E-state index is -0.698. The van der Waals surface area contributed by atoms with Crippen LogP contribution in [0.3, 0.4) is 0 Å². The first-order valence-electron chi connectivity index (χ1n) is 9.53. The minimum Gasteiger partial charge on any atom is -0.490 e. The number of benzene rings is 1. The highest BCUT2D eigenvalue weighted by molar-refractivity contribution is 7.07. The van der Waals surface area contributed by atoms with Gasteiger partial charge in [-0.15, -0.1) is 0 Å². The number of carbonyl (C=O) groups is 3. The Hall–Kier alpha value is -3.07. The van der Waals surface area contributed by atoms with Crippen molar-refractivity contribution in [3.63, 3.8) is 0 Å². The van der Waals surface area contributed by atoms with Crippen LogP contribution >= 0.6 is 11.3 Å². The summed E-state index contributed by atoms with van der Waals surface area (Å²) in [5.41, 5.74) is 1.33. The van der Waals surface area contributed by atoms with E-state index in [9.17, 15) is 14.4 Å². The van der Waals surface area contributed by atoms with E-state index in [1.54, 1.807) is 36.6 Å². The number of ether oxygens (including phenoxy) is 3. The highest BCUT2D eigenvalue weighted by Crippen LogP contribution is 2.28. The Labute approximate surface area is 179 Å². The lowest BCUT2D eigenvalue weighted by atomic mass is 10.2. The van der Waals surface area contributed by atoms with Crippen LogP contribution in [0.25, 0.3) is 0 Å². The van der Waals surface area contributed by atoms with Gasteiger partial charge in [-0.25, -0.2) is 0 Å². The van der Waals surface area contributed by atoms with E-state index in [1.807, 2.05) is 30.7 Å². The van der Waals surface area contributed by atoms with Crippen molar-refractivity contribution >= 4 is 29.1 Å². The molecular formula is C21H26N2O6S. The molecule has 0 saturated carbocycles. The number of esters is 1. The smallest absolute Gasteiger partial charge is 0.325 e. The van der Waals surface area contributed by atoms with Crippen molar-refractivity contribution in [1.82, 2.24) is 10.2 Å². The van der Waals surface area contributed by atoms with Crippen LogP contribution in [0.5, 0.6) is 11.5 Å². The summed E-state index contributed by atoms with van der Waals surface area (Å²) in [7, 11) is 1.64. The first kappa shape index (κ1) is 23.2. The van der Waals surface area contributed by atoms with Gasteiger partial charge < -0.3 is 24.4 Å². The normalized spacial score (nSPS) is 10.2. The molecule has 0 bridgehead atoms. The van der Waals surface area contributed by atoms with E-state index in [1.165, 1.54) is 4.90 Å². The van der Waals surface area contributed by atoms with E-state index >= 15 is 0 Å². The van der Waals surface area contributed by atoms with Gasteiger partial charge >= 0.3 is 5.97 Å². The molecule has 0 aliphatic heterocycles. The van der Waals surface area contributed by atoms with Gasteiger partial charge in [-0.1, -0.05) is 0 Å². The lowest BCUT2D eigenvalue weighted by molar-refractivity contribution is -0.150. The quantitative estimate of drug-likeness (QED) is 0.546. The number of nitrogens with zero attached hydrogens (tertiary/aromatic N) is 1. The zero-order valence-electron chi connectivity index (χ0n) is 17.3. The van der Waals surface area contributed by atoms with E-state index in [-0.39, 0.29) is 19.1 Å². The van der Waals surface area contributed by atoms with Crippen molar-refractivity contribution in [2.45, 2.75) is 20.4 Å². The van der Waals surface area contributed by atoms with Crippen molar-refractivity contribution < 1.29 is 28.6 Å². The number of nitrogens with one attached hydrogen (secondary N) is 1. The second-order valence-electron chi connectivity index (χ2n) is 6.25. The molecule has 8 nitrogen and oxygen atoms in total. The Bertz CT molecular complexity index is 853. The molecule has 2 rings (SSSR count). The molecular weight excluding hydrogens is 408 g/mol. The zero-order chi connectivity index (χ0) is 21.9. The molecule has 2 aromatic rings. The number of likely N-dealkylation sites (N-methyl/N-ethyl adjacent to an activating group) is 1. The van der Waals surface area contributed by atoms with Crippen LogP contribution in [0.15, 0.2) is 35.0 Å². The number of carbonyl (C=O) groups excluding carboxylic acids is 3. The second kappa shape index (κ2) is 11.8. The number of thiophene rings is 1. The molecule has 0 fully saturated rings. The fourth-order valence-corrected chi connectivity index (χ4v) is 3.15. The Kier molecular flexibility index (Phi) is 9.14. The van der Waals surface area contributed by atoms with Crippen LogP contribution in [0.1, 0.15) is 29.8 Å². The van der Waals surface area contributed by atoms with Crippen molar-refractivity contribution in [2.24, 2.45) is 0 Å². The summed E-state index contributed by atoms with van der Waals surface area (Å²) >= 11 is 1.55. The van der Waals surface area contributed by atoms with E-state index in [0.717, 1.165) is 5.56 Å². The van der Waals surface area contributed by atoms with Gasteiger partial charge in [-0.05, 0) is 54.4 Å². The molecule has 1 heterocycles. The van der Waals surface area contributed by atoms with Crippen molar-refractivity contribution in [1.29, 1.82) is 0 Å². The largest absolute Gasteiger partial charge is 0.490 e. The molecule has 0 radical (unpaired) electrons. The molecule has 9 heteroatoms. The average molecular weight is 435 g/mol. The Morgan fingerprint density at radius 1 is 1.07 bits per heavy atom. The molecule has 0 aliphatic rings. The molecule has 2 amide bonds. The SMILES string of the molecule is CCOc1ccc(C(=O)NCC(=O)OCC(=O)N(C)Cc2ccsc2)cc1OCC. The lowest BCUT2D eigenvalue weighted by Crippen LogP contribution is -2.34. The summed E-state index contributed by atoms with van der Waals surface area (Å²) in [5.74, 6) is -0.489. The maximum Gasteiger partial charge on any atom is 0.325 e. The molecule has 0 unspecified atom stereocenters. The highest BCUT2D eigenvalue weighted by Gasteiger charge is 2.15. The van der Waals surface area contributed by atoms with Crippen molar-refractivity contribution in [3.8, 4) is 11.5 Å². The van der Waals surface area contributed by atoms with Crippen LogP contribution in [0.4, 0.5) is 0 Å². The molecule has 1 aromatic carbocycles. The van der Waals surface area contributed by atoms with E-state index in [2.05, 4.69) is 5.32 Å². The average Bonchev–Trinajstić information content (AvgIpc) is 3.24. The van der Waals surface area contributed by atoms with Gasteiger partial charge in [0.2, 0.25) is 0 Å². The molecule has 1 N–H and O–H groups in total. The summed E-state index contributed by atoms with van der Waals surface area (Å²) in [6, 6.07) is 6.70. The summed E-state index contributed by atoms with van der Waals surface area (Å²) in [6.07, 6.45) is 0. The van der Waals surface area contributed by atoms with Gasteiger partial charge in [-0.2, -0.15) is 11.3 Å². The summed E-state index contributed by atoms with van der Waals surface area (Å²) in [5, 5.41) is 6.35. The molecule has 0 spiro atoms. The third-order valence-electron chi connectivity index (χ3n) is 3.98. The van der Waals surface area contributed by atoms with E-state index < -0.39 is 11.9 Å². The third-order valence-corrected chi connectivity index (χ3v) is 4.71. The highest BCUT2D eigenvalue weighted by atomic mass is 32.1. The fraction of sp³-hybridized carbons (Fsp3) is 0.381. The molecule has 0 atom stereocenters. The molecule has 30 heavy (non-hydrogen) atoms. The predicted octanol–water partition coefficient (Wildman–Crippen LogP) is 2.48. The Morgan fingerprint density at radius 3 is 2.47 bits per heavy atom. The number of rotatable bonds is 11. The topological polar surface area (TPSA) is 94.2 Å². The second-order valence-corrected chi connectivity index (χ2v) is 7.03. The van der Waals surface area contributed by atoms with Crippen LogP contribution in [0, 0.1) is 0 Å². The first-order valence-corrected chi connectivity index (χ1v) is 10.5. The molecule has 0 saturated heterocycles. The Morgan fingerprint density at radius 2 is 1.80 bits per heavy atom. The van der Waals surface area contributed by atoms with Crippen LogP contribution in [-0.4, -0.2) is 56.1 Å². The van der Waals surface area contributed by atoms with Crippen molar-refractivity contribution in [3.05, 3.63) is 46.2 Å². The van der Waals surface area contributed by atoms with Gasteiger partial charge in [0.05, 0.1) is 13.2 Å². The van der Waals surface area contributed by atoms with Crippen molar-refractivity contribution in [2.75, 3.05) is 33.4 Å². The van der Waals surface area contributed by atoms with Crippen LogP contribution in [0.2, 0.25) is 0 Å². The van der Waals surface area contributed by atoms with Gasteiger partial charge in [0.1, 0.15) is 6.54 Å². The Balaban J connectivity index is 1.80. The number of amides is 2. The van der Waals surface area contributed by atoms with E-state index in [0.29, 0.717) is 36.8 Å². The maximum absolute atomic E-state index is 12.3. The third kappa shape index (κ3) is 7.07. The summed E-state index contributed by atoms with van der Waals surface area (Å²) in [4.78, 5) is 37.7. The molecule has 0 aliphatic carbocycles.